The van der Waals surface area contributed by atoms with Crippen LogP contribution in [0.3, 0.4) is 0 Å². The molecule has 6 heteroatoms. The van der Waals surface area contributed by atoms with E-state index < -0.39 is 0 Å². The van der Waals surface area contributed by atoms with Gasteiger partial charge in [0.15, 0.2) is 0 Å². The SMILES string of the molecule is Cc1c[c-]c(-c2cc(-c3ccccc3)c(C)cn2)cc1.Cc1cccc(C)c1-c1ccnc(-c2[c-]ccc3c2Oc2cccc4c2B3c2ccccc2O4)c1.[Ir]. The van der Waals surface area contributed by atoms with Gasteiger partial charge in [0.05, 0.1) is 0 Å². The maximum absolute atomic E-state index is 6.57. The fourth-order valence-electron chi connectivity index (χ4n) is 7.79. The molecule has 2 aliphatic heterocycles. The van der Waals surface area contributed by atoms with Crippen molar-refractivity contribution < 1.29 is 29.6 Å². The minimum absolute atomic E-state index is 0. The van der Waals surface area contributed by atoms with Crippen LogP contribution in [0.4, 0.5) is 0 Å². The predicted octanol–water partition coefficient (Wildman–Crippen LogP) is 10.4. The number of aryl methyl sites for hydroxylation is 4. The molecule has 0 amide bonds. The van der Waals surface area contributed by atoms with Crippen LogP contribution in [0.15, 0.2) is 152 Å². The van der Waals surface area contributed by atoms with E-state index in [1.54, 1.807) is 0 Å². The fourth-order valence-corrected chi connectivity index (χ4v) is 7.79. The summed E-state index contributed by atoms with van der Waals surface area (Å²) in [5.74, 6) is 3.37. The molecule has 0 saturated heterocycles. The van der Waals surface area contributed by atoms with Crippen LogP contribution < -0.4 is 25.9 Å². The maximum Gasteiger partial charge on any atom is 0.241 e. The van der Waals surface area contributed by atoms with E-state index in [1.807, 2.05) is 60.9 Å². The predicted molar refractivity (Wildman–Crippen MR) is 225 cm³/mol. The molecule has 0 N–H and O–H groups in total. The summed E-state index contributed by atoms with van der Waals surface area (Å²) in [5, 5.41) is 0. The molecule has 56 heavy (non-hydrogen) atoms. The molecular formula is C50H37BIrN2O2-2. The van der Waals surface area contributed by atoms with Crippen LogP contribution in [0.1, 0.15) is 22.3 Å². The molecule has 2 aromatic heterocycles. The average molecular weight is 901 g/mol. The number of fused-ring (bicyclic) bond motifs is 4. The van der Waals surface area contributed by atoms with Crippen LogP contribution in [0.5, 0.6) is 23.0 Å². The monoisotopic (exact) mass is 901 g/mol. The smallest absolute Gasteiger partial charge is 0.241 e. The fraction of sp³-hybridized carbons (Fsp3) is 0.0800. The minimum atomic E-state index is 0. The molecule has 0 atom stereocenters. The van der Waals surface area contributed by atoms with Crippen molar-refractivity contribution >= 4 is 23.1 Å². The van der Waals surface area contributed by atoms with Gasteiger partial charge in [0, 0.05) is 43.7 Å². The summed E-state index contributed by atoms with van der Waals surface area (Å²) in [6.07, 6.45) is 3.81. The molecule has 0 saturated carbocycles. The van der Waals surface area contributed by atoms with Crippen molar-refractivity contribution in [3.8, 4) is 67.8 Å². The second-order valence-electron chi connectivity index (χ2n) is 14.2. The standard InChI is InChI=1S/C31H21BNO2.C19H16N.Ir/c1-19-8-5-9-20(2)29(19)21-16-17-33-25(18-21)22-10-6-12-24-31(22)35-28-15-7-14-27-30(28)32(24)23-11-3-4-13-26(23)34-27;1-14-8-10-17(11-9-14)19-12-18(15(2)13-20-19)16-6-4-3-5-7-16;/h3-9,11-18H,1-2H3;3-10,12-13H,1-2H3;/q2*-1;. The number of pyridine rings is 2. The van der Waals surface area contributed by atoms with Gasteiger partial charge >= 0.3 is 0 Å². The summed E-state index contributed by atoms with van der Waals surface area (Å²) in [4.78, 5) is 9.28. The van der Waals surface area contributed by atoms with Crippen molar-refractivity contribution in [2.75, 3.05) is 0 Å². The van der Waals surface area contributed by atoms with Gasteiger partial charge in [-0.15, -0.1) is 59.1 Å². The van der Waals surface area contributed by atoms with Crippen molar-refractivity contribution in [2.24, 2.45) is 0 Å². The van der Waals surface area contributed by atoms with E-state index in [0.717, 1.165) is 67.5 Å². The van der Waals surface area contributed by atoms with Crippen molar-refractivity contribution in [3.63, 3.8) is 0 Å². The molecule has 2 aliphatic rings. The topological polar surface area (TPSA) is 44.2 Å². The number of benzene rings is 6. The van der Waals surface area contributed by atoms with E-state index in [1.165, 1.54) is 38.9 Å². The van der Waals surface area contributed by atoms with Crippen molar-refractivity contribution in [2.45, 2.75) is 27.7 Å². The molecule has 8 aromatic rings. The Morgan fingerprint density at radius 2 is 1.30 bits per heavy atom. The third-order valence-corrected chi connectivity index (χ3v) is 10.5. The Morgan fingerprint density at radius 3 is 2.09 bits per heavy atom. The zero-order valence-corrected chi connectivity index (χ0v) is 34.0. The average Bonchev–Trinajstić information content (AvgIpc) is 3.22. The Labute approximate surface area is 342 Å². The third kappa shape index (κ3) is 6.87. The van der Waals surface area contributed by atoms with Crippen molar-refractivity contribution in [1.82, 2.24) is 9.97 Å². The normalized spacial score (nSPS) is 11.7. The van der Waals surface area contributed by atoms with Crippen LogP contribution in [0, 0.1) is 39.8 Å². The van der Waals surface area contributed by atoms with Crippen LogP contribution >= 0.6 is 0 Å². The van der Waals surface area contributed by atoms with E-state index in [2.05, 4.69) is 136 Å². The molecule has 6 aromatic carbocycles. The first-order valence-electron chi connectivity index (χ1n) is 18.6. The largest absolute Gasteiger partial charge is 0.503 e. The van der Waals surface area contributed by atoms with E-state index in [4.69, 9.17) is 14.5 Å². The van der Waals surface area contributed by atoms with E-state index >= 15 is 0 Å². The second kappa shape index (κ2) is 15.6. The molecule has 10 rings (SSSR count). The molecule has 273 valence electrons. The summed E-state index contributed by atoms with van der Waals surface area (Å²) < 4.78 is 12.8. The molecule has 1 radical (unpaired) electrons. The number of hydrogen-bond donors (Lipinski definition) is 0. The molecule has 4 heterocycles. The van der Waals surface area contributed by atoms with Gasteiger partial charge in [-0.1, -0.05) is 97.4 Å². The number of hydrogen-bond acceptors (Lipinski definition) is 4. The zero-order valence-electron chi connectivity index (χ0n) is 31.6. The summed E-state index contributed by atoms with van der Waals surface area (Å²) in [6, 6.07) is 54.4. The Hall–Kier alpha value is -6.07. The number of aromatic nitrogens is 2. The van der Waals surface area contributed by atoms with Crippen LogP contribution in [0.2, 0.25) is 0 Å². The molecule has 4 nitrogen and oxygen atoms in total. The molecule has 0 unspecified atom stereocenters. The molecule has 0 bridgehead atoms. The third-order valence-electron chi connectivity index (χ3n) is 10.5. The van der Waals surface area contributed by atoms with E-state index in [-0.39, 0.29) is 26.8 Å². The number of para-hydroxylation sites is 1. The summed E-state index contributed by atoms with van der Waals surface area (Å²) in [7, 11) is 0. The second-order valence-corrected chi connectivity index (χ2v) is 14.2. The number of ether oxygens (including phenoxy) is 2. The molecule has 0 fully saturated rings. The summed E-state index contributed by atoms with van der Waals surface area (Å²) in [5.41, 5.74) is 16.8. The summed E-state index contributed by atoms with van der Waals surface area (Å²) >= 11 is 0. The first-order chi connectivity index (χ1) is 26.9. The Kier molecular flexibility index (Phi) is 10.3. The first kappa shape index (κ1) is 36.9. The number of rotatable bonds is 4. The minimum Gasteiger partial charge on any atom is -0.503 e. The Bertz CT molecular complexity index is 2690. The maximum atomic E-state index is 6.57. The van der Waals surface area contributed by atoms with Crippen molar-refractivity contribution in [1.29, 1.82) is 0 Å². The van der Waals surface area contributed by atoms with Gasteiger partial charge < -0.3 is 19.4 Å². The summed E-state index contributed by atoms with van der Waals surface area (Å²) in [6.45, 7) is 8.50. The number of nitrogens with zero attached hydrogens (tertiary/aromatic N) is 2. The van der Waals surface area contributed by atoms with Gasteiger partial charge in [0.25, 0.3) is 0 Å². The van der Waals surface area contributed by atoms with Gasteiger partial charge in [-0.2, -0.15) is 0 Å². The Balaban J connectivity index is 0.000000179. The molecule has 0 aliphatic carbocycles. The van der Waals surface area contributed by atoms with Crippen LogP contribution in [0.25, 0.3) is 44.8 Å². The van der Waals surface area contributed by atoms with Gasteiger partial charge in [-0.3, -0.25) is 0 Å². The van der Waals surface area contributed by atoms with Crippen LogP contribution in [-0.2, 0) is 20.1 Å². The van der Waals surface area contributed by atoms with Crippen LogP contribution in [-0.4, -0.2) is 16.7 Å². The first-order valence-corrected chi connectivity index (χ1v) is 18.6. The molecular weight excluding hydrogens is 864 g/mol. The van der Waals surface area contributed by atoms with E-state index in [9.17, 15) is 0 Å². The quantitative estimate of drug-likeness (QED) is 0.130. The van der Waals surface area contributed by atoms with Gasteiger partial charge in [-0.25, -0.2) is 0 Å². The van der Waals surface area contributed by atoms with Gasteiger partial charge in [-0.05, 0) is 101 Å². The Morgan fingerprint density at radius 1 is 0.571 bits per heavy atom. The van der Waals surface area contributed by atoms with Gasteiger partial charge in [0.2, 0.25) is 6.71 Å². The van der Waals surface area contributed by atoms with Gasteiger partial charge in [0.1, 0.15) is 17.2 Å². The molecule has 0 spiro atoms. The van der Waals surface area contributed by atoms with E-state index in [0.29, 0.717) is 0 Å². The zero-order chi connectivity index (χ0) is 37.5. The van der Waals surface area contributed by atoms with Crippen molar-refractivity contribution in [3.05, 3.63) is 186 Å².